The lowest BCUT2D eigenvalue weighted by Crippen LogP contribution is -2.36. The number of benzene rings is 1. The summed E-state index contributed by atoms with van der Waals surface area (Å²) in [6, 6.07) is 3.45. The molecule has 0 radical (unpaired) electrons. The van der Waals surface area contributed by atoms with Crippen molar-refractivity contribution in [3.05, 3.63) is 35.4 Å². The van der Waals surface area contributed by atoms with Crippen molar-refractivity contribution in [2.45, 2.75) is 12.5 Å². The molecule has 0 spiro atoms. The zero-order chi connectivity index (χ0) is 13.0. The van der Waals surface area contributed by atoms with Crippen molar-refractivity contribution >= 4 is 0 Å². The van der Waals surface area contributed by atoms with Crippen LogP contribution in [0.15, 0.2) is 18.2 Å². The molecule has 2 N–H and O–H groups in total. The van der Waals surface area contributed by atoms with E-state index in [1.807, 2.05) is 0 Å². The predicted octanol–water partition coefficient (Wildman–Crippen LogP) is 1.69. The van der Waals surface area contributed by atoms with Gasteiger partial charge in [0.05, 0.1) is 6.61 Å². The molecule has 2 rings (SSSR count). The molecule has 1 heterocycles. The fourth-order valence-corrected chi connectivity index (χ4v) is 2.32. The Hall–Kier alpha value is -1.04. The first-order valence-corrected chi connectivity index (χ1v) is 6.19. The Morgan fingerprint density at radius 1 is 1.28 bits per heavy atom. The molecular formula is C13H18F2N2O. The fraction of sp³-hybridized carbons (Fsp3) is 0.538. The molecule has 0 bridgehead atoms. The minimum absolute atomic E-state index is 0.215. The van der Waals surface area contributed by atoms with Crippen LogP contribution in [0.5, 0.6) is 0 Å². The summed E-state index contributed by atoms with van der Waals surface area (Å²) in [5.41, 5.74) is 6.21. The minimum atomic E-state index is -0.564. The summed E-state index contributed by atoms with van der Waals surface area (Å²) < 4.78 is 32.1. The summed E-state index contributed by atoms with van der Waals surface area (Å²) in [5.74, 6) is -1.10. The summed E-state index contributed by atoms with van der Waals surface area (Å²) >= 11 is 0. The molecule has 0 aliphatic carbocycles. The van der Waals surface area contributed by atoms with Gasteiger partial charge < -0.3 is 10.5 Å². The molecule has 1 aliphatic rings. The van der Waals surface area contributed by atoms with Crippen molar-refractivity contribution in [2.24, 2.45) is 5.73 Å². The maximum absolute atomic E-state index is 13.8. The second kappa shape index (κ2) is 6.22. The van der Waals surface area contributed by atoms with Crippen molar-refractivity contribution in [3.63, 3.8) is 0 Å². The predicted molar refractivity (Wildman–Crippen MR) is 65.2 cm³/mol. The number of hydrogen-bond acceptors (Lipinski definition) is 3. The molecule has 1 fully saturated rings. The highest BCUT2D eigenvalue weighted by Crippen LogP contribution is 2.24. The Balaban J connectivity index is 2.20. The molecule has 1 atom stereocenters. The Kier molecular flexibility index (Phi) is 4.63. The summed E-state index contributed by atoms with van der Waals surface area (Å²) in [4.78, 5) is 2.10. The maximum Gasteiger partial charge on any atom is 0.130 e. The SMILES string of the molecule is NCC(c1ccc(F)cc1F)N1CCCOCC1. The van der Waals surface area contributed by atoms with Crippen molar-refractivity contribution < 1.29 is 13.5 Å². The van der Waals surface area contributed by atoms with Crippen LogP contribution in [0.25, 0.3) is 0 Å². The molecule has 5 heteroatoms. The molecule has 1 aromatic carbocycles. The summed E-state index contributed by atoms with van der Waals surface area (Å²) in [6.07, 6.45) is 0.902. The van der Waals surface area contributed by atoms with Gasteiger partial charge in [-0.15, -0.1) is 0 Å². The fourth-order valence-electron chi connectivity index (χ4n) is 2.32. The second-order valence-electron chi connectivity index (χ2n) is 4.42. The largest absolute Gasteiger partial charge is 0.380 e. The van der Waals surface area contributed by atoms with Crippen LogP contribution in [0.4, 0.5) is 8.78 Å². The molecule has 18 heavy (non-hydrogen) atoms. The topological polar surface area (TPSA) is 38.5 Å². The van der Waals surface area contributed by atoms with E-state index in [2.05, 4.69) is 4.90 Å². The normalized spacial score (nSPS) is 19.5. The molecule has 1 saturated heterocycles. The van der Waals surface area contributed by atoms with Gasteiger partial charge in [0.1, 0.15) is 11.6 Å². The highest BCUT2D eigenvalue weighted by molar-refractivity contribution is 5.22. The first-order chi connectivity index (χ1) is 8.72. The van der Waals surface area contributed by atoms with E-state index in [-0.39, 0.29) is 6.04 Å². The van der Waals surface area contributed by atoms with E-state index in [1.165, 1.54) is 12.1 Å². The Bertz CT molecular complexity index is 393. The third-order valence-corrected chi connectivity index (χ3v) is 3.24. The number of nitrogens with two attached hydrogens (primary N) is 1. The minimum Gasteiger partial charge on any atom is -0.380 e. The van der Waals surface area contributed by atoms with Crippen LogP contribution < -0.4 is 5.73 Å². The van der Waals surface area contributed by atoms with Gasteiger partial charge in [-0.05, 0) is 12.5 Å². The van der Waals surface area contributed by atoms with Crippen molar-refractivity contribution in [1.82, 2.24) is 4.90 Å². The molecule has 1 unspecified atom stereocenters. The highest BCUT2D eigenvalue weighted by atomic mass is 19.1. The highest BCUT2D eigenvalue weighted by Gasteiger charge is 2.23. The zero-order valence-corrected chi connectivity index (χ0v) is 10.2. The molecule has 1 aliphatic heterocycles. The van der Waals surface area contributed by atoms with E-state index in [0.29, 0.717) is 18.7 Å². The third-order valence-electron chi connectivity index (χ3n) is 3.24. The van der Waals surface area contributed by atoms with E-state index >= 15 is 0 Å². The summed E-state index contributed by atoms with van der Waals surface area (Å²) in [5, 5.41) is 0. The van der Waals surface area contributed by atoms with Gasteiger partial charge in [0.2, 0.25) is 0 Å². The zero-order valence-electron chi connectivity index (χ0n) is 10.2. The van der Waals surface area contributed by atoms with Crippen LogP contribution in [0.2, 0.25) is 0 Å². The van der Waals surface area contributed by atoms with Crippen LogP contribution in [-0.4, -0.2) is 37.7 Å². The molecule has 100 valence electrons. The lowest BCUT2D eigenvalue weighted by atomic mass is 10.0. The van der Waals surface area contributed by atoms with E-state index in [0.717, 1.165) is 32.2 Å². The van der Waals surface area contributed by atoms with Gasteiger partial charge in [-0.2, -0.15) is 0 Å². The molecule has 3 nitrogen and oxygen atoms in total. The quantitative estimate of drug-likeness (QED) is 0.894. The molecule has 0 amide bonds. The maximum atomic E-state index is 13.8. The number of nitrogens with zero attached hydrogens (tertiary/aromatic N) is 1. The van der Waals surface area contributed by atoms with E-state index in [4.69, 9.17) is 10.5 Å². The van der Waals surface area contributed by atoms with Crippen LogP contribution in [-0.2, 0) is 4.74 Å². The molecule has 1 aromatic rings. The lowest BCUT2D eigenvalue weighted by molar-refractivity contribution is 0.132. The Morgan fingerprint density at radius 2 is 2.11 bits per heavy atom. The Morgan fingerprint density at radius 3 is 2.83 bits per heavy atom. The van der Waals surface area contributed by atoms with Gasteiger partial charge in [0, 0.05) is 43.9 Å². The number of rotatable bonds is 3. The summed E-state index contributed by atoms with van der Waals surface area (Å²) in [6.45, 7) is 3.19. The van der Waals surface area contributed by atoms with Gasteiger partial charge in [-0.25, -0.2) is 8.78 Å². The molecule has 0 saturated carbocycles. The first kappa shape index (κ1) is 13.4. The van der Waals surface area contributed by atoms with Crippen LogP contribution in [0.3, 0.4) is 0 Å². The monoisotopic (exact) mass is 256 g/mol. The number of hydrogen-bond donors (Lipinski definition) is 1. The van der Waals surface area contributed by atoms with Gasteiger partial charge in [0.25, 0.3) is 0 Å². The van der Waals surface area contributed by atoms with E-state index in [9.17, 15) is 8.78 Å². The van der Waals surface area contributed by atoms with Crippen LogP contribution >= 0.6 is 0 Å². The van der Waals surface area contributed by atoms with Gasteiger partial charge in [-0.3, -0.25) is 4.90 Å². The van der Waals surface area contributed by atoms with Crippen LogP contribution in [0.1, 0.15) is 18.0 Å². The average molecular weight is 256 g/mol. The summed E-state index contributed by atoms with van der Waals surface area (Å²) in [7, 11) is 0. The number of halogens is 2. The van der Waals surface area contributed by atoms with Crippen LogP contribution in [0, 0.1) is 11.6 Å². The Labute approximate surface area is 106 Å². The lowest BCUT2D eigenvalue weighted by Gasteiger charge is -2.29. The van der Waals surface area contributed by atoms with E-state index < -0.39 is 11.6 Å². The molecule has 0 aromatic heterocycles. The smallest absolute Gasteiger partial charge is 0.130 e. The number of ether oxygens (including phenoxy) is 1. The first-order valence-electron chi connectivity index (χ1n) is 6.19. The molecular weight excluding hydrogens is 238 g/mol. The van der Waals surface area contributed by atoms with Gasteiger partial charge >= 0.3 is 0 Å². The van der Waals surface area contributed by atoms with Crippen molar-refractivity contribution in [3.8, 4) is 0 Å². The average Bonchev–Trinajstić information content (AvgIpc) is 2.62. The standard InChI is InChI=1S/C13H18F2N2O/c14-10-2-3-11(12(15)8-10)13(9-16)17-4-1-6-18-7-5-17/h2-3,8,13H,1,4-7,9,16H2. The van der Waals surface area contributed by atoms with E-state index in [1.54, 1.807) is 0 Å². The van der Waals surface area contributed by atoms with Crippen molar-refractivity contribution in [1.29, 1.82) is 0 Å². The van der Waals surface area contributed by atoms with Gasteiger partial charge in [0.15, 0.2) is 0 Å². The van der Waals surface area contributed by atoms with Crippen molar-refractivity contribution in [2.75, 3.05) is 32.8 Å². The third kappa shape index (κ3) is 3.04. The second-order valence-corrected chi connectivity index (χ2v) is 4.42. The van der Waals surface area contributed by atoms with Gasteiger partial charge in [-0.1, -0.05) is 6.07 Å².